The number of anilines is 1. The third-order valence-electron chi connectivity index (χ3n) is 5.46. The quantitative estimate of drug-likeness (QED) is 0.296. The van der Waals surface area contributed by atoms with Gasteiger partial charge < -0.3 is 4.74 Å². The summed E-state index contributed by atoms with van der Waals surface area (Å²) in [5.41, 5.74) is 3.54. The molecule has 0 bridgehead atoms. The maximum Gasteiger partial charge on any atom is 0.335 e. The van der Waals surface area contributed by atoms with Crippen molar-refractivity contribution in [3.8, 4) is 5.75 Å². The van der Waals surface area contributed by atoms with E-state index in [1.54, 1.807) is 24.3 Å². The van der Waals surface area contributed by atoms with Gasteiger partial charge in [-0.05, 0) is 72.5 Å². The van der Waals surface area contributed by atoms with Crippen molar-refractivity contribution in [2.24, 2.45) is 0 Å². The molecule has 3 aromatic rings. The fourth-order valence-corrected chi connectivity index (χ4v) is 3.64. The van der Waals surface area contributed by atoms with Gasteiger partial charge in [0.2, 0.25) is 0 Å². The van der Waals surface area contributed by atoms with Crippen LogP contribution in [-0.4, -0.2) is 17.8 Å². The summed E-state index contributed by atoms with van der Waals surface area (Å²) in [5, 5.41) is 2.16. The molecule has 1 N–H and O–H groups in total. The molecule has 1 saturated heterocycles. The van der Waals surface area contributed by atoms with Crippen molar-refractivity contribution < 1.29 is 23.5 Å². The Morgan fingerprint density at radius 2 is 1.71 bits per heavy atom. The lowest BCUT2D eigenvalue weighted by Crippen LogP contribution is -2.54. The maximum atomic E-state index is 13.3. The number of hydrogen-bond donors (Lipinski definition) is 1. The maximum absolute atomic E-state index is 13.3. The second-order valence-electron chi connectivity index (χ2n) is 8.07. The Morgan fingerprint density at radius 3 is 2.40 bits per heavy atom. The largest absolute Gasteiger partial charge is 0.489 e. The Bertz CT molecular complexity index is 1330. The van der Waals surface area contributed by atoms with Crippen LogP contribution in [0.3, 0.4) is 0 Å². The van der Waals surface area contributed by atoms with Crippen molar-refractivity contribution in [2.75, 3.05) is 4.90 Å². The summed E-state index contributed by atoms with van der Waals surface area (Å²) in [4.78, 5) is 38.6. The van der Waals surface area contributed by atoms with Crippen molar-refractivity contribution in [3.63, 3.8) is 0 Å². The Hall–Kier alpha value is -4.52. The predicted octanol–water partition coefficient (Wildman–Crippen LogP) is 5.11. The Morgan fingerprint density at radius 1 is 1.00 bits per heavy atom. The first-order valence-corrected chi connectivity index (χ1v) is 10.9. The van der Waals surface area contributed by atoms with Gasteiger partial charge in [0.25, 0.3) is 11.8 Å². The molecule has 6 nitrogen and oxygen atoms in total. The molecule has 3 aromatic carbocycles. The molecule has 0 atom stereocenters. The summed E-state index contributed by atoms with van der Waals surface area (Å²) in [6.07, 6.45) is 3.66. The summed E-state index contributed by atoms with van der Waals surface area (Å²) in [6, 6.07) is 17.3. The average Bonchev–Trinajstić information content (AvgIpc) is 2.83. The van der Waals surface area contributed by atoms with Gasteiger partial charge >= 0.3 is 6.03 Å². The molecule has 176 valence electrons. The number of nitrogens with one attached hydrogen (secondary N) is 1. The molecule has 1 aliphatic rings. The molecule has 4 amide bonds. The molecule has 0 radical (unpaired) electrons. The van der Waals surface area contributed by atoms with Crippen LogP contribution in [0.5, 0.6) is 5.75 Å². The van der Waals surface area contributed by atoms with Crippen molar-refractivity contribution in [2.45, 2.75) is 20.0 Å². The fraction of sp³-hybridized carbons (Fsp3) is 0.107. The van der Waals surface area contributed by atoms with Gasteiger partial charge in [-0.1, -0.05) is 42.0 Å². The van der Waals surface area contributed by atoms with E-state index < -0.39 is 23.7 Å². The van der Waals surface area contributed by atoms with E-state index in [1.165, 1.54) is 23.8 Å². The number of carbonyl (C=O) groups excluding carboxylic acids is 3. The molecule has 1 heterocycles. The van der Waals surface area contributed by atoms with Crippen LogP contribution in [-0.2, 0) is 22.6 Å². The average molecular weight is 471 g/mol. The number of barbiturate groups is 1. The normalized spacial score (nSPS) is 14.7. The highest BCUT2D eigenvalue weighted by atomic mass is 19.1. The van der Waals surface area contributed by atoms with Gasteiger partial charge in [0, 0.05) is 0 Å². The summed E-state index contributed by atoms with van der Waals surface area (Å²) < 4.78 is 19.3. The standard InChI is InChI=1S/C28H23FN2O4/c1-3-4-21-15-20(9-14-25(21)35-17-19-7-5-18(2)6-8-19)16-24-26(32)30-28(34)31(27(24)33)23-12-10-22(29)11-13-23/h3,5-16H,1,4,17H2,2H3,(H,30,32,34)/b24-16+. The highest BCUT2D eigenvalue weighted by molar-refractivity contribution is 6.39. The first-order chi connectivity index (χ1) is 16.9. The van der Waals surface area contributed by atoms with Crippen LogP contribution in [0.15, 0.2) is 85.0 Å². The first-order valence-electron chi connectivity index (χ1n) is 10.9. The minimum Gasteiger partial charge on any atom is -0.489 e. The second-order valence-corrected chi connectivity index (χ2v) is 8.07. The van der Waals surface area contributed by atoms with Crippen LogP contribution in [0.4, 0.5) is 14.9 Å². The van der Waals surface area contributed by atoms with Crippen LogP contribution in [0.2, 0.25) is 0 Å². The minimum atomic E-state index is -0.893. The number of ether oxygens (including phenoxy) is 1. The number of urea groups is 1. The van der Waals surface area contributed by atoms with Gasteiger partial charge in [0.15, 0.2) is 0 Å². The topological polar surface area (TPSA) is 75.7 Å². The first kappa shape index (κ1) is 23.6. The van der Waals surface area contributed by atoms with Crippen LogP contribution in [0, 0.1) is 12.7 Å². The number of amides is 4. The Labute approximate surface area is 202 Å². The number of carbonyl (C=O) groups is 3. The number of imide groups is 2. The van der Waals surface area contributed by atoms with Crippen LogP contribution >= 0.6 is 0 Å². The fourth-order valence-electron chi connectivity index (χ4n) is 3.64. The zero-order chi connectivity index (χ0) is 24.9. The highest BCUT2D eigenvalue weighted by Gasteiger charge is 2.36. The van der Waals surface area contributed by atoms with Gasteiger partial charge in [-0.3, -0.25) is 14.9 Å². The van der Waals surface area contributed by atoms with E-state index in [4.69, 9.17) is 4.74 Å². The number of allylic oxidation sites excluding steroid dienone is 1. The van der Waals surface area contributed by atoms with E-state index in [2.05, 4.69) is 11.9 Å². The molecule has 0 aromatic heterocycles. The highest BCUT2D eigenvalue weighted by Crippen LogP contribution is 2.26. The Kier molecular flexibility index (Phi) is 6.87. The van der Waals surface area contributed by atoms with Crippen LogP contribution in [0.25, 0.3) is 6.08 Å². The van der Waals surface area contributed by atoms with Gasteiger partial charge in [-0.15, -0.1) is 6.58 Å². The molecule has 7 heteroatoms. The predicted molar refractivity (Wildman–Crippen MR) is 131 cm³/mol. The molecule has 4 rings (SSSR count). The zero-order valence-electron chi connectivity index (χ0n) is 19.1. The van der Waals surface area contributed by atoms with Crippen molar-refractivity contribution >= 4 is 29.6 Å². The summed E-state index contributed by atoms with van der Waals surface area (Å²) in [6.45, 7) is 6.20. The van der Waals surface area contributed by atoms with Crippen LogP contribution < -0.4 is 15.0 Å². The molecule has 1 aliphatic heterocycles. The second kappa shape index (κ2) is 10.2. The lowest BCUT2D eigenvalue weighted by Gasteiger charge is -2.26. The van der Waals surface area contributed by atoms with Gasteiger partial charge in [-0.2, -0.15) is 0 Å². The molecule has 0 unspecified atom stereocenters. The lowest BCUT2D eigenvalue weighted by molar-refractivity contribution is -0.122. The lowest BCUT2D eigenvalue weighted by atomic mass is 10.0. The molecule has 0 saturated carbocycles. The molecule has 35 heavy (non-hydrogen) atoms. The number of halogens is 1. The van der Waals surface area contributed by atoms with E-state index in [1.807, 2.05) is 31.2 Å². The van der Waals surface area contributed by atoms with Crippen molar-refractivity contribution in [3.05, 3.63) is 113 Å². The smallest absolute Gasteiger partial charge is 0.335 e. The number of benzene rings is 3. The monoisotopic (exact) mass is 470 g/mol. The van der Waals surface area contributed by atoms with E-state index in [-0.39, 0.29) is 11.3 Å². The molecule has 0 aliphatic carbocycles. The van der Waals surface area contributed by atoms with Gasteiger partial charge in [-0.25, -0.2) is 14.1 Å². The molecular formula is C28H23FN2O4. The van der Waals surface area contributed by atoms with E-state index in [9.17, 15) is 18.8 Å². The van der Waals surface area contributed by atoms with Crippen molar-refractivity contribution in [1.82, 2.24) is 5.32 Å². The number of rotatable bonds is 7. The summed E-state index contributed by atoms with van der Waals surface area (Å²) in [5.74, 6) is -1.45. The zero-order valence-corrected chi connectivity index (χ0v) is 19.1. The number of aryl methyl sites for hydroxylation is 1. The van der Waals surface area contributed by atoms with E-state index in [0.717, 1.165) is 28.2 Å². The summed E-state index contributed by atoms with van der Waals surface area (Å²) >= 11 is 0. The molecule has 1 fully saturated rings. The molecule has 0 spiro atoms. The Balaban J connectivity index is 1.60. The van der Waals surface area contributed by atoms with Gasteiger partial charge in [0.05, 0.1) is 5.69 Å². The van der Waals surface area contributed by atoms with Crippen LogP contribution in [0.1, 0.15) is 22.3 Å². The number of hydrogen-bond acceptors (Lipinski definition) is 4. The third-order valence-corrected chi connectivity index (χ3v) is 5.46. The van der Waals surface area contributed by atoms with Gasteiger partial charge in [0.1, 0.15) is 23.7 Å². The number of nitrogens with zero attached hydrogens (tertiary/aromatic N) is 1. The molecular weight excluding hydrogens is 447 g/mol. The minimum absolute atomic E-state index is 0.152. The SMILES string of the molecule is C=CCc1cc(/C=C2\C(=O)NC(=O)N(c3ccc(F)cc3)C2=O)ccc1OCc1ccc(C)cc1. The third kappa shape index (κ3) is 5.35. The van der Waals surface area contributed by atoms with Crippen molar-refractivity contribution in [1.29, 1.82) is 0 Å². The van der Waals surface area contributed by atoms with E-state index >= 15 is 0 Å². The van der Waals surface area contributed by atoms with E-state index in [0.29, 0.717) is 24.3 Å². The summed E-state index contributed by atoms with van der Waals surface area (Å²) in [7, 11) is 0.